The zero-order valence-electron chi connectivity index (χ0n) is 13.2. The highest BCUT2D eigenvalue weighted by Gasteiger charge is 2.18. The van der Waals surface area contributed by atoms with Crippen LogP contribution in [0.25, 0.3) is 0 Å². The number of methoxy groups -OCH3 is 1. The molecule has 1 N–H and O–H groups in total. The number of ether oxygens (including phenoxy) is 1. The van der Waals surface area contributed by atoms with Crippen molar-refractivity contribution in [1.82, 2.24) is 5.32 Å². The molecule has 0 saturated heterocycles. The van der Waals surface area contributed by atoms with Crippen molar-refractivity contribution in [2.45, 2.75) is 32.2 Å². The highest BCUT2D eigenvalue weighted by Crippen LogP contribution is 2.21. The highest BCUT2D eigenvalue weighted by molar-refractivity contribution is 5.83. The molecule has 0 aromatic heterocycles. The topological polar surface area (TPSA) is 38.3 Å². The molecule has 22 heavy (non-hydrogen) atoms. The number of benzene rings is 2. The van der Waals surface area contributed by atoms with Gasteiger partial charge in [0.15, 0.2) is 0 Å². The molecule has 0 radical (unpaired) electrons. The van der Waals surface area contributed by atoms with Crippen molar-refractivity contribution in [2.75, 3.05) is 7.11 Å². The lowest BCUT2D eigenvalue weighted by Crippen LogP contribution is -2.29. The Kier molecular flexibility index (Phi) is 6.01. The van der Waals surface area contributed by atoms with E-state index in [-0.39, 0.29) is 11.8 Å². The quantitative estimate of drug-likeness (QED) is 0.842. The number of hydrogen-bond donors (Lipinski definition) is 1. The second-order valence-electron chi connectivity index (χ2n) is 5.32. The van der Waals surface area contributed by atoms with Crippen molar-refractivity contribution in [3.63, 3.8) is 0 Å². The van der Waals surface area contributed by atoms with Crippen LogP contribution in [0.3, 0.4) is 0 Å². The molecule has 0 unspecified atom stereocenters. The molecule has 2 aromatic rings. The fraction of sp³-hybridized carbons (Fsp3) is 0.316. The van der Waals surface area contributed by atoms with Crippen LogP contribution in [0.1, 0.15) is 36.8 Å². The van der Waals surface area contributed by atoms with Gasteiger partial charge in [-0.15, -0.1) is 0 Å². The van der Waals surface area contributed by atoms with Crippen molar-refractivity contribution in [1.29, 1.82) is 0 Å². The molecule has 3 heteroatoms. The molecule has 0 spiro atoms. The van der Waals surface area contributed by atoms with Gasteiger partial charge in [-0.2, -0.15) is 0 Å². The molecular weight excluding hydrogens is 274 g/mol. The van der Waals surface area contributed by atoms with Gasteiger partial charge in [0.1, 0.15) is 5.75 Å². The first-order valence-corrected chi connectivity index (χ1v) is 7.70. The second-order valence-corrected chi connectivity index (χ2v) is 5.32. The Morgan fingerprint density at radius 3 is 2.36 bits per heavy atom. The smallest absolute Gasteiger partial charge is 0.227 e. The van der Waals surface area contributed by atoms with E-state index >= 15 is 0 Å². The number of amides is 1. The first-order valence-electron chi connectivity index (χ1n) is 7.70. The van der Waals surface area contributed by atoms with E-state index in [1.54, 1.807) is 7.11 Å². The maximum absolute atomic E-state index is 12.5. The third-order valence-electron chi connectivity index (χ3n) is 3.72. The first-order chi connectivity index (χ1) is 10.7. The maximum Gasteiger partial charge on any atom is 0.227 e. The van der Waals surface area contributed by atoms with Crippen molar-refractivity contribution in [2.24, 2.45) is 0 Å². The molecule has 0 fully saturated rings. The minimum atomic E-state index is -0.0792. The van der Waals surface area contributed by atoms with Gasteiger partial charge in [0.25, 0.3) is 0 Å². The predicted molar refractivity (Wildman–Crippen MR) is 88.9 cm³/mol. The minimum Gasteiger partial charge on any atom is -0.497 e. The number of carbonyl (C=O) groups is 1. The molecule has 0 heterocycles. The molecule has 2 rings (SSSR count). The number of rotatable bonds is 7. The summed E-state index contributed by atoms with van der Waals surface area (Å²) < 4.78 is 5.14. The zero-order valence-corrected chi connectivity index (χ0v) is 13.2. The molecule has 1 amide bonds. The molecular formula is C19H23NO2. The van der Waals surface area contributed by atoms with Gasteiger partial charge in [0.05, 0.1) is 13.0 Å². The average molecular weight is 297 g/mol. The lowest BCUT2D eigenvalue weighted by molar-refractivity contribution is -0.122. The normalized spacial score (nSPS) is 11.7. The predicted octanol–water partition coefficient (Wildman–Crippen LogP) is 3.90. The van der Waals surface area contributed by atoms with E-state index in [2.05, 4.69) is 12.2 Å². The Morgan fingerprint density at radius 1 is 1.09 bits per heavy atom. The fourth-order valence-electron chi connectivity index (χ4n) is 2.48. The van der Waals surface area contributed by atoms with E-state index in [9.17, 15) is 4.79 Å². The van der Waals surface area contributed by atoms with E-state index in [0.29, 0.717) is 6.54 Å². The van der Waals surface area contributed by atoms with E-state index in [1.807, 2.05) is 54.6 Å². The number of nitrogens with one attached hydrogen (secondary N) is 1. The Bertz CT molecular complexity index is 578. The van der Waals surface area contributed by atoms with E-state index in [1.165, 1.54) is 0 Å². The molecule has 0 aliphatic heterocycles. The van der Waals surface area contributed by atoms with Gasteiger partial charge < -0.3 is 10.1 Å². The third-order valence-corrected chi connectivity index (χ3v) is 3.72. The third kappa shape index (κ3) is 4.35. The summed E-state index contributed by atoms with van der Waals surface area (Å²) in [7, 11) is 1.64. The van der Waals surface area contributed by atoms with Crippen molar-refractivity contribution in [3.05, 3.63) is 65.7 Å². The molecule has 0 aliphatic carbocycles. The van der Waals surface area contributed by atoms with E-state index in [4.69, 9.17) is 4.74 Å². The summed E-state index contributed by atoms with van der Waals surface area (Å²) >= 11 is 0. The summed E-state index contributed by atoms with van der Waals surface area (Å²) in [5.41, 5.74) is 2.15. The number of carbonyl (C=O) groups excluding carboxylic acids is 1. The lowest BCUT2D eigenvalue weighted by Gasteiger charge is -2.16. The number of hydrogen-bond acceptors (Lipinski definition) is 2. The van der Waals surface area contributed by atoms with E-state index in [0.717, 1.165) is 29.7 Å². The fourth-order valence-corrected chi connectivity index (χ4v) is 2.48. The van der Waals surface area contributed by atoms with Gasteiger partial charge in [-0.25, -0.2) is 0 Å². The molecule has 0 aliphatic rings. The standard InChI is InChI=1S/C19H23NO2/c1-3-7-18(16-8-5-4-6-9-16)19(21)20-14-15-10-12-17(22-2)13-11-15/h4-6,8-13,18H,3,7,14H2,1-2H3,(H,20,21)/t18-/m0/s1. The van der Waals surface area contributed by atoms with Crippen molar-refractivity contribution >= 4 is 5.91 Å². The summed E-state index contributed by atoms with van der Waals surface area (Å²) in [6.07, 6.45) is 1.84. The van der Waals surface area contributed by atoms with Crippen LogP contribution in [0, 0.1) is 0 Å². The summed E-state index contributed by atoms with van der Waals surface area (Å²) in [6.45, 7) is 2.64. The van der Waals surface area contributed by atoms with Crippen LogP contribution in [0.2, 0.25) is 0 Å². The van der Waals surface area contributed by atoms with Crippen LogP contribution in [0.15, 0.2) is 54.6 Å². The van der Waals surface area contributed by atoms with Gasteiger partial charge in [-0.05, 0) is 29.7 Å². The highest BCUT2D eigenvalue weighted by atomic mass is 16.5. The van der Waals surface area contributed by atoms with Crippen molar-refractivity contribution < 1.29 is 9.53 Å². The Balaban J connectivity index is 1.99. The Morgan fingerprint density at radius 2 is 1.77 bits per heavy atom. The molecule has 3 nitrogen and oxygen atoms in total. The van der Waals surface area contributed by atoms with Crippen molar-refractivity contribution in [3.8, 4) is 5.75 Å². The summed E-state index contributed by atoms with van der Waals surface area (Å²) in [5.74, 6) is 0.830. The van der Waals surface area contributed by atoms with Crippen LogP contribution in [-0.2, 0) is 11.3 Å². The van der Waals surface area contributed by atoms with Gasteiger partial charge in [0.2, 0.25) is 5.91 Å². The zero-order chi connectivity index (χ0) is 15.8. The Labute approximate surface area is 132 Å². The van der Waals surface area contributed by atoms with E-state index < -0.39 is 0 Å². The molecule has 2 aromatic carbocycles. The SMILES string of the molecule is CCC[C@H](C(=O)NCc1ccc(OC)cc1)c1ccccc1. The van der Waals surface area contributed by atoms with Gasteiger partial charge in [-0.3, -0.25) is 4.79 Å². The molecule has 1 atom stereocenters. The van der Waals surface area contributed by atoms with Crippen LogP contribution < -0.4 is 10.1 Å². The van der Waals surface area contributed by atoms with Gasteiger partial charge in [-0.1, -0.05) is 55.8 Å². The van der Waals surface area contributed by atoms with Crippen LogP contribution in [-0.4, -0.2) is 13.0 Å². The minimum absolute atomic E-state index is 0.0792. The lowest BCUT2D eigenvalue weighted by atomic mass is 9.93. The first kappa shape index (κ1) is 16.1. The molecule has 116 valence electrons. The molecule has 0 bridgehead atoms. The van der Waals surface area contributed by atoms with Gasteiger partial charge in [0, 0.05) is 6.54 Å². The Hall–Kier alpha value is -2.29. The maximum atomic E-state index is 12.5. The second kappa shape index (κ2) is 8.23. The molecule has 0 saturated carbocycles. The van der Waals surface area contributed by atoms with Gasteiger partial charge >= 0.3 is 0 Å². The average Bonchev–Trinajstić information content (AvgIpc) is 2.58. The summed E-state index contributed by atoms with van der Waals surface area (Å²) in [5, 5.41) is 3.04. The van der Waals surface area contributed by atoms with Crippen LogP contribution >= 0.6 is 0 Å². The summed E-state index contributed by atoms with van der Waals surface area (Å²) in [4.78, 5) is 12.5. The largest absolute Gasteiger partial charge is 0.497 e. The summed E-state index contributed by atoms with van der Waals surface area (Å²) in [6, 6.07) is 17.7. The van der Waals surface area contributed by atoms with Crippen LogP contribution in [0.4, 0.5) is 0 Å². The monoisotopic (exact) mass is 297 g/mol. The van der Waals surface area contributed by atoms with Crippen LogP contribution in [0.5, 0.6) is 5.75 Å².